The van der Waals surface area contributed by atoms with Gasteiger partial charge >= 0.3 is 0 Å². The molecule has 3 rings (SSSR count). The summed E-state index contributed by atoms with van der Waals surface area (Å²) in [6.07, 6.45) is 2.71. The maximum atomic E-state index is 6.27. The Kier molecular flexibility index (Phi) is 9.95. The van der Waals surface area contributed by atoms with E-state index in [1.807, 2.05) is 11.6 Å². The monoisotopic (exact) mass is 531 g/mol. The number of hydrogen-bond donors (Lipinski definition) is 1. The first-order chi connectivity index (χ1) is 13.7. The van der Waals surface area contributed by atoms with Gasteiger partial charge in [-0.15, -0.1) is 35.3 Å². The van der Waals surface area contributed by atoms with Gasteiger partial charge in [0.15, 0.2) is 11.1 Å². The van der Waals surface area contributed by atoms with Gasteiger partial charge in [0.05, 0.1) is 13.2 Å². The fraction of sp³-hybridized carbons (Fsp3) is 0.500. The van der Waals surface area contributed by atoms with Gasteiger partial charge in [0, 0.05) is 63.5 Å². The molecule has 9 heteroatoms. The van der Waals surface area contributed by atoms with Crippen molar-refractivity contribution in [3.63, 3.8) is 0 Å². The Bertz CT molecular complexity index is 764. The zero-order valence-corrected chi connectivity index (χ0v) is 20.2. The van der Waals surface area contributed by atoms with Gasteiger partial charge in [0.1, 0.15) is 5.75 Å². The van der Waals surface area contributed by atoms with E-state index >= 15 is 0 Å². The van der Waals surface area contributed by atoms with Crippen molar-refractivity contribution in [3.8, 4) is 5.75 Å². The number of nitrogens with zero attached hydrogens (tertiary/aromatic N) is 4. The van der Waals surface area contributed by atoms with E-state index in [2.05, 4.69) is 44.9 Å². The third-order valence-electron chi connectivity index (χ3n) is 4.68. The minimum absolute atomic E-state index is 0. The highest BCUT2D eigenvalue weighted by molar-refractivity contribution is 14.0. The topological polar surface area (TPSA) is 76.2 Å². The Morgan fingerprint density at radius 3 is 2.72 bits per heavy atom. The SMILES string of the molecule is COCCCOc1cc(C)ccc1CN=C(N)N1CCN(c2nccs2)CC1.I. The minimum atomic E-state index is 0. The second-order valence-electron chi connectivity index (χ2n) is 6.77. The van der Waals surface area contributed by atoms with Crippen molar-refractivity contribution < 1.29 is 9.47 Å². The molecular formula is C20H30IN5O2S. The van der Waals surface area contributed by atoms with Gasteiger partial charge in [-0.2, -0.15) is 0 Å². The van der Waals surface area contributed by atoms with Crippen LogP contribution in [0.2, 0.25) is 0 Å². The Hall–Kier alpha value is -1.59. The molecule has 2 aromatic rings. The van der Waals surface area contributed by atoms with Crippen LogP contribution in [0.1, 0.15) is 17.5 Å². The summed E-state index contributed by atoms with van der Waals surface area (Å²) in [5, 5.41) is 3.08. The largest absolute Gasteiger partial charge is 0.493 e. The van der Waals surface area contributed by atoms with Crippen LogP contribution in [0.4, 0.5) is 5.13 Å². The van der Waals surface area contributed by atoms with Crippen LogP contribution in [0.25, 0.3) is 0 Å². The Morgan fingerprint density at radius 2 is 2.03 bits per heavy atom. The highest BCUT2D eigenvalue weighted by atomic mass is 127. The number of halogens is 1. The molecule has 2 N–H and O–H groups in total. The summed E-state index contributed by atoms with van der Waals surface area (Å²) in [5.41, 5.74) is 8.48. The predicted octanol–water partition coefficient (Wildman–Crippen LogP) is 3.12. The van der Waals surface area contributed by atoms with E-state index in [1.165, 1.54) is 5.56 Å². The molecule has 1 aromatic heterocycles. The van der Waals surface area contributed by atoms with Crippen molar-refractivity contribution in [1.82, 2.24) is 9.88 Å². The Morgan fingerprint density at radius 1 is 1.24 bits per heavy atom. The number of benzene rings is 1. The summed E-state index contributed by atoms with van der Waals surface area (Å²) >= 11 is 1.67. The smallest absolute Gasteiger partial charge is 0.191 e. The quantitative estimate of drug-likeness (QED) is 0.244. The number of anilines is 1. The summed E-state index contributed by atoms with van der Waals surface area (Å²) in [7, 11) is 1.70. The molecule has 0 bridgehead atoms. The minimum Gasteiger partial charge on any atom is -0.493 e. The number of rotatable bonds is 8. The van der Waals surface area contributed by atoms with Gasteiger partial charge in [-0.3, -0.25) is 0 Å². The first kappa shape index (κ1) is 23.7. The number of aliphatic imine (C=N–C) groups is 1. The number of methoxy groups -OCH3 is 1. The molecule has 1 saturated heterocycles. The average molecular weight is 531 g/mol. The van der Waals surface area contributed by atoms with Crippen molar-refractivity contribution in [2.45, 2.75) is 19.9 Å². The Balaban J connectivity index is 0.00000300. The molecule has 0 radical (unpaired) electrons. The molecule has 0 amide bonds. The first-order valence-electron chi connectivity index (χ1n) is 9.58. The van der Waals surface area contributed by atoms with Gasteiger partial charge in [0.25, 0.3) is 0 Å². The number of aromatic nitrogens is 1. The molecule has 2 heterocycles. The third kappa shape index (κ3) is 7.00. The molecule has 7 nitrogen and oxygen atoms in total. The van der Waals surface area contributed by atoms with Gasteiger partial charge in [-0.1, -0.05) is 12.1 Å². The average Bonchev–Trinajstić information content (AvgIpc) is 3.25. The highest BCUT2D eigenvalue weighted by Crippen LogP contribution is 2.22. The molecule has 0 saturated carbocycles. The molecule has 1 fully saturated rings. The van der Waals surface area contributed by atoms with Crippen LogP contribution in [0.15, 0.2) is 34.8 Å². The van der Waals surface area contributed by atoms with Crippen LogP contribution in [0.5, 0.6) is 5.75 Å². The molecule has 1 aliphatic heterocycles. The van der Waals surface area contributed by atoms with Crippen LogP contribution >= 0.6 is 35.3 Å². The molecule has 0 aliphatic carbocycles. The van der Waals surface area contributed by atoms with Crippen LogP contribution in [0.3, 0.4) is 0 Å². The summed E-state index contributed by atoms with van der Waals surface area (Å²) < 4.78 is 11.0. The van der Waals surface area contributed by atoms with Crippen molar-refractivity contribution in [2.24, 2.45) is 10.7 Å². The molecule has 1 aromatic carbocycles. The maximum absolute atomic E-state index is 6.27. The number of nitrogens with two attached hydrogens (primary N) is 1. The summed E-state index contributed by atoms with van der Waals surface area (Å²) in [4.78, 5) is 13.4. The first-order valence-corrected chi connectivity index (χ1v) is 10.5. The lowest BCUT2D eigenvalue weighted by Crippen LogP contribution is -2.51. The Labute approximate surface area is 193 Å². The fourth-order valence-electron chi connectivity index (χ4n) is 3.08. The van der Waals surface area contributed by atoms with Crippen LogP contribution in [-0.4, -0.2) is 62.3 Å². The molecule has 1 aliphatic rings. The molecule has 0 atom stereocenters. The number of guanidine groups is 1. The van der Waals surface area contributed by atoms with E-state index in [4.69, 9.17) is 15.2 Å². The van der Waals surface area contributed by atoms with E-state index in [-0.39, 0.29) is 24.0 Å². The van der Waals surface area contributed by atoms with Crippen LogP contribution < -0.4 is 15.4 Å². The summed E-state index contributed by atoms with van der Waals surface area (Å²) in [6.45, 7) is 7.40. The molecular weight excluding hydrogens is 501 g/mol. The van der Waals surface area contributed by atoms with Crippen molar-refractivity contribution >= 4 is 46.4 Å². The van der Waals surface area contributed by atoms with E-state index in [9.17, 15) is 0 Å². The molecule has 0 unspecified atom stereocenters. The van der Waals surface area contributed by atoms with Crippen LogP contribution in [0, 0.1) is 6.92 Å². The van der Waals surface area contributed by atoms with Gasteiger partial charge in [0.2, 0.25) is 0 Å². The molecule has 0 spiro atoms. The zero-order valence-electron chi connectivity index (χ0n) is 17.0. The van der Waals surface area contributed by atoms with E-state index in [1.54, 1.807) is 18.4 Å². The van der Waals surface area contributed by atoms with E-state index in [0.29, 0.717) is 25.7 Å². The van der Waals surface area contributed by atoms with Crippen molar-refractivity contribution in [2.75, 3.05) is 51.4 Å². The summed E-state index contributed by atoms with van der Waals surface area (Å²) in [5.74, 6) is 1.46. The lowest BCUT2D eigenvalue weighted by atomic mass is 10.1. The van der Waals surface area contributed by atoms with Crippen LogP contribution in [-0.2, 0) is 11.3 Å². The fourth-order valence-corrected chi connectivity index (χ4v) is 3.77. The van der Waals surface area contributed by atoms with E-state index in [0.717, 1.165) is 49.0 Å². The number of piperazine rings is 1. The lowest BCUT2D eigenvalue weighted by Gasteiger charge is -2.35. The summed E-state index contributed by atoms with van der Waals surface area (Å²) in [6, 6.07) is 6.20. The van der Waals surface area contributed by atoms with Gasteiger partial charge in [-0.05, 0) is 18.6 Å². The molecule has 160 valence electrons. The second kappa shape index (κ2) is 12.2. The number of aryl methyl sites for hydroxylation is 1. The van der Waals surface area contributed by atoms with Crippen molar-refractivity contribution in [3.05, 3.63) is 40.9 Å². The van der Waals surface area contributed by atoms with Gasteiger partial charge < -0.3 is 25.0 Å². The second-order valence-corrected chi connectivity index (χ2v) is 7.64. The maximum Gasteiger partial charge on any atom is 0.191 e. The number of ether oxygens (including phenoxy) is 2. The lowest BCUT2D eigenvalue weighted by molar-refractivity contribution is 0.172. The number of thiazole rings is 1. The zero-order chi connectivity index (χ0) is 19.8. The van der Waals surface area contributed by atoms with Crippen molar-refractivity contribution in [1.29, 1.82) is 0 Å². The van der Waals surface area contributed by atoms with E-state index < -0.39 is 0 Å². The number of hydrogen-bond acceptors (Lipinski definition) is 6. The third-order valence-corrected chi connectivity index (χ3v) is 5.51. The van der Waals surface area contributed by atoms with Gasteiger partial charge in [-0.25, -0.2) is 9.98 Å². The highest BCUT2D eigenvalue weighted by Gasteiger charge is 2.19. The normalized spacial score (nSPS) is 14.6. The molecule has 29 heavy (non-hydrogen) atoms. The standard InChI is InChI=1S/C20H29N5O2S.HI/c1-16-4-5-17(18(14-16)27-12-3-11-26-2)15-23-19(21)24-7-9-25(10-8-24)20-22-6-13-28-20;/h4-6,13-14H,3,7-12,15H2,1-2H3,(H2,21,23);1H. The predicted molar refractivity (Wildman–Crippen MR) is 130 cm³/mol.